The summed E-state index contributed by atoms with van der Waals surface area (Å²) in [4.78, 5) is 9.74. The normalized spacial score (nSPS) is 11.1. The van der Waals surface area contributed by atoms with Crippen LogP contribution in [0.2, 0.25) is 0 Å². The Morgan fingerprint density at radius 1 is 1.14 bits per heavy atom. The molecule has 0 aliphatic rings. The van der Waals surface area contributed by atoms with Crippen molar-refractivity contribution in [1.82, 2.24) is 0 Å². The average molecular weight is 376 g/mol. The minimum absolute atomic E-state index is 0.204. The molecule has 0 unspecified atom stereocenters. The molecule has 0 aliphatic carbocycles. The molecule has 0 spiro atoms. The van der Waals surface area contributed by atoms with E-state index in [-0.39, 0.29) is 4.90 Å². The summed E-state index contributed by atoms with van der Waals surface area (Å²) in [6.07, 6.45) is 0. The maximum absolute atomic E-state index is 13.1. The molecule has 0 fully saturated rings. The van der Waals surface area contributed by atoms with Crippen LogP contribution in [0.4, 0.5) is 10.1 Å². The van der Waals surface area contributed by atoms with Crippen molar-refractivity contribution in [2.45, 2.75) is 4.90 Å². The summed E-state index contributed by atoms with van der Waals surface area (Å²) in [5, 5.41) is 10.8. The number of rotatable bonds is 4. The van der Waals surface area contributed by atoms with Crippen molar-refractivity contribution in [3.05, 3.63) is 62.9 Å². The molecule has 9 heteroatoms. The summed E-state index contributed by atoms with van der Waals surface area (Å²) in [6.45, 7) is 0. The molecule has 0 N–H and O–H groups in total. The van der Waals surface area contributed by atoms with E-state index in [1.54, 1.807) is 0 Å². The first-order valence-corrected chi connectivity index (χ1v) is 7.64. The standard InChI is InChI=1S/C12H7BrFNO5S/c13-8-1-4-10(5-2-8)21(18,19)20-12-7-9(14)3-6-11(12)15(16)17/h1-7H. The third-order valence-electron chi connectivity index (χ3n) is 2.42. The quantitative estimate of drug-likeness (QED) is 0.465. The zero-order chi connectivity index (χ0) is 15.6. The van der Waals surface area contributed by atoms with E-state index in [9.17, 15) is 22.9 Å². The number of nitro benzene ring substituents is 1. The van der Waals surface area contributed by atoms with Crippen molar-refractivity contribution >= 4 is 31.7 Å². The van der Waals surface area contributed by atoms with Gasteiger partial charge in [-0.1, -0.05) is 15.9 Å². The highest BCUT2D eigenvalue weighted by Gasteiger charge is 2.23. The molecule has 0 aliphatic heterocycles. The zero-order valence-electron chi connectivity index (χ0n) is 10.2. The minimum Gasteiger partial charge on any atom is -0.371 e. The van der Waals surface area contributed by atoms with Gasteiger partial charge in [-0.05, 0) is 30.3 Å². The molecule has 0 saturated heterocycles. The van der Waals surface area contributed by atoms with Gasteiger partial charge in [0.2, 0.25) is 5.75 Å². The number of hydrogen-bond donors (Lipinski definition) is 0. The van der Waals surface area contributed by atoms with Crippen LogP contribution in [-0.2, 0) is 10.1 Å². The van der Waals surface area contributed by atoms with Crippen LogP contribution >= 0.6 is 15.9 Å². The topological polar surface area (TPSA) is 86.5 Å². The lowest BCUT2D eigenvalue weighted by atomic mass is 10.3. The molecule has 2 aromatic rings. The largest absolute Gasteiger partial charge is 0.371 e. The van der Waals surface area contributed by atoms with E-state index < -0.39 is 32.3 Å². The van der Waals surface area contributed by atoms with Gasteiger partial charge in [-0.2, -0.15) is 8.42 Å². The first-order valence-electron chi connectivity index (χ1n) is 5.43. The Bertz CT molecular complexity index is 792. The fraction of sp³-hybridized carbons (Fsp3) is 0. The summed E-state index contributed by atoms with van der Waals surface area (Å²) in [6, 6.07) is 7.77. The lowest BCUT2D eigenvalue weighted by molar-refractivity contribution is -0.385. The predicted molar refractivity (Wildman–Crippen MR) is 75.0 cm³/mol. The fourth-order valence-electron chi connectivity index (χ4n) is 1.47. The monoisotopic (exact) mass is 375 g/mol. The Morgan fingerprint density at radius 3 is 2.33 bits per heavy atom. The second-order valence-corrected chi connectivity index (χ2v) is 6.32. The van der Waals surface area contributed by atoms with E-state index in [1.165, 1.54) is 24.3 Å². The van der Waals surface area contributed by atoms with Crippen molar-refractivity contribution in [2.75, 3.05) is 0 Å². The highest BCUT2D eigenvalue weighted by Crippen LogP contribution is 2.30. The summed E-state index contributed by atoms with van der Waals surface area (Å²) in [5.74, 6) is -1.52. The molecule has 0 aromatic heterocycles. The molecule has 21 heavy (non-hydrogen) atoms. The van der Waals surface area contributed by atoms with Crippen LogP contribution in [0, 0.1) is 15.9 Å². The molecular weight excluding hydrogens is 369 g/mol. The Morgan fingerprint density at radius 2 is 1.76 bits per heavy atom. The second kappa shape index (κ2) is 5.78. The molecule has 6 nitrogen and oxygen atoms in total. The van der Waals surface area contributed by atoms with E-state index in [0.29, 0.717) is 10.5 Å². The lowest BCUT2D eigenvalue weighted by Gasteiger charge is -2.07. The molecule has 0 amide bonds. The number of nitro groups is 1. The van der Waals surface area contributed by atoms with Gasteiger partial charge < -0.3 is 4.18 Å². The van der Waals surface area contributed by atoms with Crippen LogP contribution in [0.25, 0.3) is 0 Å². The van der Waals surface area contributed by atoms with E-state index in [1.807, 2.05) is 0 Å². The Labute approximate surface area is 127 Å². The lowest BCUT2D eigenvalue weighted by Crippen LogP contribution is -2.11. The van der Waals surface area contributed by atoms with Gasteiger partial charge in [-0.3, -0.25) is 10.1 Å². The molecule has 110 valence electrons. The van der Waals surface area contributed by atoms with Crippen LogP contribution in [0.15, 0.2) is 51.8 Å². The van der Waals surface area contributed by atoms with Crippen molar-refractivity contribution in [3.63, 3.8) is 0 Å². The Kier molecular flexibility index (Phi) is 4.24. The summed E-state index contributed by atoms with van der Waals surface area (Å²) < 4.78 is 42.5. The summed E-state index contributed by atoms with van der Waals surface area (Å²) in [7, 11) is -4.29. The van der Waals surface area contributed by atoms with Gasteiger partial charge in [0.25, 0.3) is 0 Å². The number of halogens is 2. The molecule has 0 bridgehead atoms. The summed E-state index contributed by atoms with van der Waals surface area (Å²) >= 11 is 3.14. The van der Waals surface area contributed by atoms with E-state index in [2.05, 4.69) is 20.1 Å². The maximum Gasteiger partial charge on any atom is 0.339 e. The molecule has 2 aromatic carbocycles. The van der Waals surface area contributed by atoms with Crippen molar-refractivity contribution in [3.8, 4) is 5.75 Å². The fourth-order valence-corrected chi connectivity index (χ4v) is 2.67. The zero-order valence-corrected chi connectivity index (χ0v) is 12.6. The number of hydrogen-bond acceptors (Lipinski definition) is 5. The number of nitrogens with zero attached hydrogens (tertiary/aromatic N) is 1. The highest BCUT2D eigenvalue weighted by molar-refractivity contribution is 9.10. The van der Waals surface area contributed by atoms with Crippen molar-refractivity contribution in [1.29, 1.82) is 0 Å². The third-order valence-corrected chi connectivity index (χ3v) is 4.20. The molecule has 0 heterocycles. The highest BCUT2D eigenvalue weighted by atomic mass is 79.9. The molecule has 0 atom stereocenters. The van der Waals surface area contributed by atoms with Gasteiger partial charge in [0.15, 0.2) is 0 Å². The van der Waals surface area contributed by atoms with Crippen LogP contribution in [-0.4, -0.2) is 13.3 Å². The first kappa shape index (κ1) is 15.4. The maximum atomic E-state index is 13.1. The molecule has 0 radical (unpaired) electrons. The van der Waals surface area contributed by atoms with Gasteiger partial charge >= 0.3 is 15.8 Å². The summed E-state index contributed by atoms with van der Waals surface area (Å²) in [5.41, 5.74) is -0.642. The van der Waals surface area contributed by atoms with Crippen molar-refractivity contribution in [2.24, 2.45) is 0 Å². The Hall–Kier alpha value is -2.00. The third kappa shape index (κ3) is 3.56. The van der Waals surface area contributed by atoms with E-state index in [4.69, 9.17) is 0 Å². The average Bonchev–Trinajstić information content (AvgIpc) is 2.38. The van der Waals surface area contributed by atoms with Gasteiger partial charge in [0, 0.05) is 16.6 Å². The molecule has 0 saturated carbocycles. The Balaban J connectivity index is 2.43. The molecule has 2 rings (SSSR count). The SMILES string of the molecule is O=[N+]([O-])c1ccc(F)cc1OS(=O)(=O)c1ccc(Br)cc1. The van der Waals surface area contributed by atoms with Crippen LogP contribution in [0.3, 0.4) is 0 Å². The second-order valence-electron chi connectivity index (χ2n) is 3.86. The number of benzene rings is 2. The van der Waals surface area contributed by atoms with Gasteiger partial charge in [-0.15, -0.1) is 0 Å². The minimum atomic E-state index is -4.29. The van der Waals surface area contributed by atoms with Crippen LogP contribution in [0.5, 0.6) is 5.75 Å². The van der Waals surface area contributed by atoms with E-state index >= 15 is 0 Å². The van der Waals surface area contributed by atoms with Crippen molar-refractivity contribution < 1.29 is 21.9 Å². The van der Waals surface area contributed by atoms with Crippen LogP contribution in [0.1, 0.15) is 0 Å². The van der Waals surface area contributed by atoms with Gasteiger partial charge in [0.1, 0.15) is 10.7 Å². The smallest absolute Gasteiger partial charge is 0.339 e. The van der Waals surface area contributed by atoms with Gasteiger partial charge in [-0.25, -0.2) is 4.39 Å². The van der Waals surface area contributed by atoms with Crippen LogP contribution < -0.4 is 4.18 Å². The predicted octanol–water partition coefficient (Wildman–Crippen LogP) is 3.26. The molecular formula is C12H7BrFNO5S. The van der Waals surface area contributed by atoms with Gasteiger partial charge in [0.05, 0.1) is 4.92 Å². The van der Waals surface area contributed by atoms with E-state index in [0.717, 1.165) is 12.1 Å². The first-order chi connectivity index (χ1) is 9.79.